The van der Waals surface area contributed by atoms with E-state index in [0.29, 0.717) is 19.5 Å². The molecule has 38 heteroatoms. The van der Waals surface area contributed by atoms with Crippen LogP contribution >= 0.6 is 23.2 Å². The molecule has 120 heavy (non-hydrogen) atoms. The number of nitrogens with two attached hydrogens (primary N) is 2. The smallest absolute Gasteiger partial charge is 0.330 e. The number of amides is 7. The summed E-state index contributed by atoms with van der Waals surface area (Å²) in [7, 11) is 3.42. The standard InChI is InChI=1S/C82H98Cl2N10O26/c1-8-37(19-35(2)3)75(106)93-66-54(98)23-42(26-61(100)90-81(112)89-43-27-45(113-17-15-87-6)31-46(28-43)114-18-16-88-7)76(107)91-64-41-24-58(116-56-13-10-39(68(66)101)21-50(56)83)72(120-80-73(71(104)70(103)60(34-85)118-80)119-62-33-82(5,86)74(105)36(4)115-62)59(25-41)117-57-14-11-40(22-51(57)84)69(102)67-78(109)92-65(79(110)111)49-29-44(95)30-53(97)63(49)48-20-38(9-12-52(48)96)47(32-55(64)99)77(108)94-67/h9-14,20-22,24-25,27-31,35-37,42,47,60,62,64-71,73-74,80,87-88,95-97,101-105H,8,15-19,23,26,32-34,85-86H2,1-7H3,(H,91,107)(H,92,109)(H,93,106)(H,94,108)(H,110,111)(H2,89,90,100,112)/t36-,37+,42-,47+,60+,62-,64+,65-,66-,67-,68+,69+,70+,71-,73+,74+,80-,82-/m0/s1. The predicted molar refractivity (Wildman–Crippen MR) is 428 cm³/mol. The van der Waals surface area contributed by atoms with Crippen LogP contribution in [0.4, 0.5) is 10.5 Å². The predicted octanol–water partition coefficient (Wildman–Crippen LogP) is 4.55. The van der Waals surface area contributed by atoms with Crippen molar-refractivity contribution < 1.29 is 127 Å². The van der Waals surface area contributed by atoms with Crippen molar-refractivity contribution in [3.05, 3.63) is 135 Å². The van der Waals surface area contributed by atoms with Crippen molar-refractivity contribution in [1.82, 2.24) is 37.2 Å². The molecule has 646 valence electrons. The van der Waals surface area contributed by atoms with E-state index >= 15 is 24.0 Å². The van der Waals surface area contributed by atoms with Crippen molar-refractivity contribution in [2.24, 2.45) is 29.2 Å². The maximum absolute atomic E-state index is 16.6. The van der Waals surface area contributed by atoms with Crippen LogP contribution in [0.3, 0.4) is 0 Å². The highest BCUT2D eigenvalue weighted by Crippen LogP contribution is 2.51. The Kier molecular flexibility index (Phi) is 29.2. The third-order valence-corrected chi connectivity index (χ3v) is 21.9. The third-order valence-electron chi connectivity index (χ3n) is 21.3. The van der Waals surface area contributed by atoms with E-state index in [1.165, 1.54) is 50.2 Å². The van der Waals surface area contributed by atoms with Gasteiger partial charge in [-0.15, -0.1) is 0 Å². The van der Waals surface area contributed by atoms with E-state index in [-0.39, 0.29) is 82.4 Å². The van der Waals surface area contributed by atoms with E-state index in [2.05, 4.69) is 42.5 Å². The molecular weight excluding hydrogens is 1610 g/mol. The van der Waals surface area contributed by atoms with Crippen LogP contribution in [0.1, 0.15) is 131 Å². The van der Waals surface area contributed by atoms with E-state index in [0.717, 1.165) is 54.6 Å². The molecular formula is C82H98Cl2N10O26. The molecule has 11 bridgehead atoms. The van der Waals surface area contributed by atoms with Crippen molar-refractivity contribution in [1.29, 1.82) is 0 Å². The number of ether oxygens (including phenoxy) is 8. The molecule has 18 atom stereocenters. The molecule has 7 aliphatic heterocycles. The number of halogens is 2. The fourth-order valence-electron chi connectivity index (χ4n) is 15.0. The van der Waals surface area contributed by atoms with E-state index in [4.69, 9.17) is 72.6 Å². The van der Waals surface area contributed by atoms with Gasteiger partial charge in [0.1, 0.15) is 102 Å². The van der Waals surface area contributed by atoms with Gasteiger partial charge in [-0.2, -0.15) is 0 Å². The van der Waals surface area contributed by atoms with Gasteiger partial charge < -0.3 is 133 Å². The SMILES string of the molecule is CC[C@H](CC(C)C)C(=O)N[C@H]1C(=O)C[C@@H](CC(=O)NC(=O)Nc2cc(OCCNC)cc(OCCNC)c2)C(=O)N[C@H]2C(=O)C[C@H]3C(=O)N[C@H](C(=O)N[C@H](C(=O)O)c4cc(O)cc(O)c4-c4cc3ccc4O)[C@H](O)c3ccc(c(Cl)c3)Oc3cc2cc(c3O[C@@H]2O[C@H](CN)[C@@H](O)[C@H](O)[C@H]2O[C@H]2C[C@](C)(N)[C@H](O)[C@H](C)O2)Oc2ccc(cc2Cl)[C@H]1O. The van der Waals surface area contributed by atoms with E-state index in [9.17, 15) is 65.1 Å². The summed E-state index contributed by atoms with van der Waals surface area (Å²) in [5.41, 5.74) is 8.80. The van der Waals surface area contributed by atoms with Gasteiger partial charge in [0.05, 0.1) is 34.1 Å². The Balaban J connectivity index is 1.14. The second-order valence-electron chi connectivity index (χ2n) is 30.8. The third kappa shape index (κ3) is 20.9. The number of likely N-dealkylation sites (N-methyl/N-ethyl adjacent to an activating group) is 2. The molecule has 36 nitrogen and oxygen atoms in total. The molecule has 21 N–H and O–H groups in total. The Morgan fingerprint density at radius 1 is 0.700 bits per heavy atom. The largest absolute Gasteiger partial charge is 0.508 e. The Morgan fingerprint density at radius 3 is 1.91 bits per heavy atom. The number of ketones is 2. The number of carbonyl (C=O) groups is 9. The van der Waals surface area contributed by atoms with Crippen LogP contribution in [-0.4, -0.2) is 213 Å². The first kappa shape index (κ1) is 90.2. The number of urea groups is 1. The minimum atomic E-state index is -2.29. The van der Waals surface area contributed by atoms with Crippen molar-refractivity contribution in [3.63, 3.8) is 0 Å². The lowest BCUT2D eigenvalue weighted by atomic mass is 9.84. The van der Waals surface area contributed by atoms with Crippen molar-refractivity contribution >= 4 is 82.0 Å². The van der Waals surface area contributed by atoms with Gasteiger partial charge in [0.2, 0.25) is 41.6 Å². The first-order valence-corrected chi connectivity index (χ1v) is 39.6. The average Bonchev–Trinajstić information content (AvgIpc) is 0.760. The highest BCUT2D eigenvalue weighted by molar-refractivity contribution is 6.32. The molecule has 7 heterocycles. The Hall–Kier alpha value is -10.6. The topological polar surface area (TPSA) is 558 Å². The molecule has 0 spiro atoms. The second-order valence-corrected chi connectivity index (χ2v) is 31.6. The minimum absolute atomic E-state index is 0.0491. The minimum Gasteiger partial charge on any atom is -0.508 e. The molecule has 0 unspecified atom stereocenters. The Labute approximate surface area is 698 Å². The number of imide groups is 1. The fraction of sp³-hybridized carbons (Fsp3) is 0.451. The van der Waals surface area contributed by atoms with Gasteiger partial charge in [-0.1, -0.05) is 62.2 Å². The van der Waals surface area contributed by atoms with Crippen LogP contribution in [0.5, 0.6) is 57.5 Å². The molecule has 13 rings (SSSR count). The molecule has 6 aromatic carbocycles. The van der Waals surface area contributed by atoms with Gasteiger partial charge in [0.15, 0.2) is 41.5 Å². The number of nitrogens with one attached hydrogen (secondary N) is 8. The van der Waals surface area contributed by atoms with Crippen molar-refractivity contribution in [2.75, 3.05) is 52.3 Å². The number of aliphatic hydroxyl groups excluding tert-OH is 5. The number of anilines is 1. The van der Waals surface area contributed by atoms with Crippen LogP contribution in [0, 0.1) is 17.8 Å². The summed E-state index contributed by atoms with van der Waals surface area (Å²) in [6.07, 6.45) is -20.1. The number of aliphatic carboxylic acids is 1. The molecule has 0 aliphatic carbocycles. The number of phenolic OH excluding ortho intramolecular Hbond substituents is 3. The number of benzene rings is 6. The van der Waals surface area contributed by atoms with Gasteiger partial charge >= 0.3 is 12.0 Å². The number of carboxylic acids is 1. The van der Waals surface area contributed by atoms with Gasteiger partial charge in [0, 0.05) is 103 Å². The zero-order chi connectivity index (χ0) is 87.0. The molecule has 0 saturated carbocycles. The number of hydrogen-bond donors (Lipinski definition) is 19. The molecule has 7 amide bonds. The number of aromatic hydroxyl groups is 3. The van der Waals surface area contributed by atoms with Crippen LogP contribution in [0.2, 0.25) is 10.0 Å². The van der Waals surface area contributed by atoms with E-state index in [1.807, 2.05) is 13.8 Å². The Morgan fingerprint density at radius 2 is 1.32 bits per heavy atom. The molecule has 6 aromatic rings. The first-order valence-electron chi connectivity index (χ1n) is 38.8. The summed E-state index contributed by atoms with van der Waals surface area (Å²) in [4.78, 5) is 136. The number of carbonyl (C=O) groups excluding carboxylic acids is 8. The summed E-state index contributed by atoms with van der Waals surface area (Å²) < 4.78 is 51.0. The number of Topliss-reactive ketones (excluding diaryl/α,β-unsaturated/α-hetero) is 2. The van der Waals surface area contributed by atoms with Crippen molar-refractivity contribution in [3.8, 4) is 68.6 Å². The molecule has 0 aromatic heterocycles. The average molecular weight is 1710 g/mol. The maximum Gasteiger partial charge on any atom is 0.330 e. The fourth-order valence-corrected chi connectivity index (χ4v) is 15.4. The maximum atomic E-state index is 16.6. The molecule has 2 fully saturated rings. The highest BCUT2D eigenvalue weighted by atomic mass is 35.5. The normalized spacial score (nSPS) is 26.6. The monoisotopic (exact) mass is 1710 g/mol. The summed E-state index contributed by atoms with van der Waals surface area (Å²) in [5.74, 6) is -19.5. The molecule has 2 saturated heterocycles. The number of hydrogen-bond acceptors (Lipinski definition) is 29. The van der Waals surface area contributed by atoms with Gasteiger partial charge in [-0.3, -0.25) is 38.9 Å². The number of carboxylic acid groups (broad SMARTS) is 1. The number of aliphatic hydroxyl groups is 5. The number of rotatable bonds is 22. The Bertz CT molecular complexity index is 4820. The van der Waals surface area contributed by atoms with Gasteiger partial charge in [-0.05, 0) is 124 Å². The number of phenols is 3. The van der Waals surface area contributed by atoms with Gasteiger partial charge in [0.25, 0.3) is 0 Å². The lowest BCUT2D eigenvalue weighted by Gasteiger charge is -2.47. The van der Waals surface area contributed by atoms with Gasteiger partial charge in [-0.25, -0.2) is 9.59 Å². The zero-order valence-corrected chi connectivity index (χ0v) is 67.8. The first-order chi connectivity index (χ1) is 57.0. The lowest BCUT2D eigenvalue weighted by Crippen LogP contribution is -2.65. The lowest BCUT2D eigenvalue weighted by molar-refractivity contribution is -0.330. The van der Waals surface area contributed by atoms with Crippen molar-refractivity contribution in [2.45, 2.75) is 170 Å². The quantitative estimate of drug-likeness (QED) is 0.0415. The summed E-state index contributed by atoms with van der Waals surface area (Å²) >= 11 is 14.4. The van der Waals surface area contributed by atoms with Crippen LogP contribution in [-0.2, 0) is 52.6 Å². The molecule has 7 aliphatic rings. The number of fused-ring (bicyclic) bond motifs is 15. The summed E-state index contributed by atoms with van der Waals surface area (Å²) in [5, 5.41) is 125. The van der Waals surface area contributed by atoms with Crippen LogP contribution in [0.25, 0.3) is 11.1 Å². The van der Waals surface area contributed by atoms with Crippen LogP contribution in [0.15, 0.2) is 97.1 Å². The second kappa shape index (κ2) is 38.9. The van der Waals surface area contributed by atoms with Crippen LogP contribution < -0.4 is 77.7 Å². The highest BCUT2D eigenvalue weighted by Gasteiger charge is 2.52. The summed E-state index contributed by atoms with van der Waals surface area (Å²) in [6.45, 7) is 9.18. The zero-order valence-electron chi connectivity index (χ0n) is 66.3. The molecule has 0 radical (unpaired) electrons. The van der Waals surface area contributed by atoms with E-state index in [1.54, 1.807) is 27.1 Å². The summed E-state index contributed by atoms with van der Waals surface area (Å²) in [6, 6.07) is 8.53. The van der Waals surface area contributed by atoms with E-state index < -0.39 is 250 Å².